The van der Waals surface area contributed by atoms with Crippen molar-refractivity contribution in [2.75, 3.05) is 23.7 Å². The number of nitrogens with one attached hydrogen (secondary N) is 3. The monoisotopic (exact) mass is 395 g/mol. The van der Waals surface area contributed by atoms with Gasteiger partial charge in [0.2, 0.25) is 11.9 Å². The third kappa shape index (κ3) is 3.91. The number of piperidine rings is 1. The summed E-state index contributed by atoms with van der Waals surface area (Å²) in [5.74, 6) is 1.10. The van der Waals surface area contributed by atoms with E-state index in [0.717, 1.165) is 42.7 Å². The number of carbonyl (C=O) groups is 1. The molecule has 1 aliphatic heterocycles. The zero-order chi connectivity index (χ0) is 20.4. The zero-order valence-electron chi connectivity index (χ0n) is 16.6. The summed E-state index contributed by atoms with van der Waals surface area (Å²) < 4.78 is 1.83. The van der Waals surface area contributed by atoms with Crippen LogP contribution in [0.15, 0.2) is 25.0 Å². The number of hydrogen-bond acceptors (Lipinski definition) is 7. The lowest BCUT2D eigenvalue weighted by molar-refractivity contribution is -0.127. The predicted molar refractivity (Wildman–Crippen MR) is 111 cm³/mol. The molecule has 3 aromatic rings. The lowest BCUT2D eigenvalue weighted by Gasteiger charge is -2.33. The third-order valence-electron chi connectivity index (χ3n) is 5.06. The molecule has 1 saturated heterocycles. The number of aromatic amines is 1. The molecule has 0 bridgehead atoms. The number of nitrogens with zero attached hydrogens (tertiary/aromatic N) is 6. The smallest absolute Gasteiger partial charge is 0.246 e. The Morgan fingerprint density at radius 2 is 2.31 bits per heavy atom. The molecule has 1 amide bonds. The highest BCUT2D eigenvalue weighted by Gasteiger charge is 2.24. The van der Waals surface area contributed by atoms with Gasteiger partial charge in [-0.15, -0.1) is 0 Å². The van der Waals surface area contributed by atoms with Gasteiger partial charge in [-0.25, -0.2) is 0 Å². The fourth-order valence-corrected chi connectivity index (χ4v) is 3.58. The molecule has 4 rings (SSSR count). The van der Waals surface area contributed by atoms with E-state index >= 15 is 0 Å². The van der Waals surface area contributed by atoms with E-state index in [-0.39, 0.29) is 11.9 Å². The molecule has 3 N–H and O–H groups in total. The first kappa shape index (κ1) is 18.9. The van der Waals surface area contributed by atoms with Gasteiger partial charge in [-0.1, -0.05) is 6.58 Å². The highest BCUT2D eigenvalue weighted by molar-refractivity contribution is 5.90. The minimum Gasteiger partial charge on any atom is -0.365 e. The second-order valence-corrected chi connectivity index (χ2v) is 7.12. The summed E-state index contributed by atoms with van der Waals surface area (Å²) in [5.41, 5.74) is 2.28. The summed E-state index contributed by atoms with van der Waals surface area (Å²) in [7, 11) is 0. The van der Waals surface area contributed by atoms with Gasteiger partial charge < -0.3 is 15.5 Å². The standard InChI is InChI=1S/C19H25N9O/c1-4-15(29)27-8-6-7-13(10-27)21-17-16-12(3)25-26-18(16)24-19(23-17)22-14-9-20-28(5-2)11-14/h4,9,11,13H,1,5-8,10H2,2-3H3,(H3,21,22,23,24,25,26)/t13-/m1/s1. The van der Waals surface area contributed by atoms with Gasteiger partial charge in [0, 0.05) is 37.6 Å². The lowest BCUT2D eigenvalue weighted by Crippen LogP contribution is -2.44. The molecule has 0 aromatic carbocycles. The average molecular weight is 395 g/mol. The minimum absolute atomic E-state index is 0.0425. The molecule has 3 aromatic heterocycles. The second-order valence-electron chi connectivity index (χ2n) is 7.12. The van der Waals surface area contributed by atoms with Crippen LogP contribution in [0.2, 0.25) is 0 Å². The molecule has 0 unspecified atom stereocenters. The van der Waals surface area contributed by atoms with Gasteiger partial charge in [-0.2, -0.15) is 20.2 Å². The predicted octanol–water partition coefficient (Wildman–Crippen LogP) is 2.21. The Morgan fingerprint density at radius 3 is 3.07 bits per heavy atom. The fraction of sp³-hybridized carbons (Fsp3) is 0.421. The van der Waals surface area contributed by atoms with E-state index in [2.05, 4.69) is 37.5 Å². The molecule has 29 heavy (non-hydrogen) atoms. The van der Waals surface area contributed by atoms with Gasteiger partial charge in [-0.3, -0.25) is 14.6 Å². The van der Waals surface area contributed by atoms with E-state index in [1.807, 2.05) is 29.6 Å². The van der Waals surface area contributed by atoms with Crippen LogP contribution in [0.5, 0.6) is 0 Å². The van der Waals surface area contributed by atoms with Gasteiger partial charge in [0.05, 0.1) is 17.3 Å². The molecule has 0 radical (unpaired) electrons. The quantitative estimate of drug-likeness (QED) is 0.548. The number of amides is 1. The number of aromatic nitrogens is 6. The van der Waals surface area contributed by atoms with Crippen molar-refractivity contribution >= 4 is 34.4 Å². The lowest BCUT2D eigenvalue weighted by atomic mass is 10.1. The number of anilines is 3. The first-order valence-electron chi connectivity index (χ1n) is 9.77. The van der Waals surface area contributed by atoms with Crippen molar-refractivity contribution in [3.8, 4) is 0 Å². The topological polar surface area (TPSA) is 117 Å². The number of likely N-dealkylation sites (tertiary alicyclic amines) is 1. The van der Waals surface area contributed by atoms with Crippen molar-refractivity contribution in [1.29, 1.82) is 0 Å². The summed E-state index contributed by atoms with van der Waals surface area (Å²) in [4.78, 5) is 23.0. The Balaban J connectivity index is 1.61. The Hall–Kier alpha value is -3.43. The van der Waals surface area contributed by atoms with Crippen molar-refractivity contribution in [3.63, 3.8) is 0 Å². The van der Waals surface area contributed by atoms with Gasteiger partial charge in [0.1, 0.15) is 5.82 Å². The maximum Gasteiger partial charge on any atom is 0.246 e. The van der Waals surface area contributed by atoms with E-state index in [1.165, 1.54) is 6.08 Å². The SMILES string of the molecule is C=CC(=O)N1CCC[C@@H](Nc2nc(Nc3cnn(CC)c3)nc3n[nH]c(C)c23)C1. The first-order valence-corrected chi connectivity index (χ1v) is 9.77. The summed E-state index contributed by atoms with van der Waals surface area (Å²) in [6.07, 6.45) is 6.88. The Labute approximate surface area is 168 Å². The number of rotatable bonds is 6. The van der Waals surface area contributed by atoms with Crippen LogP contribution in [0, 0.1) is 6.92 Å². The molecular formula is C19H25N9O. The molecule has 10 heteroatoms. The first-order chi connectivity index (χ1) is 14.1. The molecule has 1 aliphatic rings. The van der Waals surface area contributed by atoms with Gasteiger partial charge >= 0.3 is 0 Å². The molecule has 10 nitrogen and oxygen atoms in total. The number of H-pyrrole nitrogens is 1. The minimum atomic E-state index is -0.0425. The largest absolute Gasteiger partial charge is 0.365 e. The van der Waals surface area contributed by atoms with Crippen molar-refractivity contribution in [1.82, 2.24) is 34.8 Å². The Bertz CT molecular complexity index is 1040. The van der Waals surface area contributed by atoms with Crippen LogP contribution < -0.4 is 10.6 Å². The van der Waals surface area contributed by atoms with Gasteiger partial charge in [-0.05, 0) is 32.8 Å². The normalized spacial score (nSPS) is 16.8. The Kier molecular flexibility index (Phi) is 5.15. The van der Waals surface area contributed by atoms with Crippen LogP contribution in [0.3, 0.4) is 0 Å². The van der Waals surface area contributed by atoms with Crippen molar-refractivity contribution < 1.29 is 4.79 Å². The van der Waals surface area contributed by atoms with E-state index in [9.17, 15) is 4.79 Å². The summed E-state index contributed by atoms with van der Waals surface area (Å²) in [5, 5.41) is 19.1. The van der Waals surface area contributed by atoms with Crippen molar-refractivity contribution in [3.05, 3.63) is 30.7 Å². The van der Waals surface area contributed by atoms with E-state index < -0.39 is 0 Å². The molecular weight excluding hydrogens is 370 g/mol. The molecule has 4 heterocycles. The van der Waals surface area contributed by atoms with Crippen LogP contribution in [-0.2, 0) is 11.3 Å². The van der Waals surface area contributed by atoms with E-state index in [1.54, 1.807) is 6.20 Å². The Morgan fingerprint density at radius 1 is 1.45 bits per heavy atom. The van der Waals surface area contributed by atoms with E-state index in [4.69, 9.17) is 4.98 Å². The molecule has 0 spiro atoms. The number of aryl methyl sites for hydroxylation is 2. The zero-order valence-corrected chi connectivity index (χ0v) is 16.6. The second kappa shape index (κ2) is 7.90. The molecule has 152 valence electrons. The third-order valence-corrected chi connectivity index (χ3v) is 5.06. The van der Waals surface area contributed by atoms with Gasteiger partial charge in [0.15, 0.2) is 5.65 Å². The van der Waals surface area contributed by atoms with Crippen LogP contribution in [0.1, 0.15) is 25.5 Å². The van der Waals surface area contributed by atoms with Crippen LogP contribution >= 0.6 is 0 Å². The number of hydrogen-bond donors (Lipinski definition) is 3. The van der Waals surface area contributed by atoms with Crippen LogP contribution in [0.4, 0.5) is 17.5 Å². The molecule has 0 saturated carbocycles. The van der Waals surface area contributed by atoms with Crippen LogP contribution in [0.25, 0.3) is 11.0 Å². The van der Waals surface area contributed by atoms with Crippen molar-refractivity contribution in [2.24, 2.45) is 0 Å². The summed E-state index contributed by atoms with van der Waals surface area (Å²) >= 11 is 0. The summed E-state index contributed by atoms with van der Waals surface area (Å²) in [6, 6.07) is 0.0933. The van der Waals surface area contributed by atoms with Crippen molar-refractivity contribution in [2.45, 2.75) is 39.3 Å². The maximum atomic E-state index is 12.0. The van der Waals surface area contributed by atoms with Gasteiger partial charge in [0.25, 0.3) is 0 Å². The maximum absolute atomic E-state index is 12.0. The number of fused-ring (bicyclic) bond motifs is 1. The highest BCUT2D eigenvalue weighted by Crippen LogP contribution is 2.26. The highest BCUT2D eigenvalue weighted by atomic mass is 16.2. The average Bonchev–Trinajstić information content (AvgIpc) is 3.34. The molecule has 1 atom stereocenters. The van der Waals surface area contributed by atoms with Crippen LogP contribution in [-0.4, -0.2) is 59.9 Å². The fourth-order valence-electron chi connectivity index (χ4n) is 3.58. The summed E-state index contributed by atoms with van der Waals surface area (Å²) in [6.45, 7) is 9.71. The van der Waals surface area contributed by atoms with E-state index in [0.29, 0.717) is 24.0 Å². The molecule has 1 fully saturated rings. The number of carbonyl (C=O) groups excluding carboxylic acids is 1. The molecule has 0 aliphatic carbocycles.